The van der Waals surface area contributed by atoms with E-state index in [9.17, 15) is 0 Å². The molecule has 0 bridgehead atoms. The van der Waals surface area contributed by atoms with E-state index in [1.165, 1.54) is 0 Å². The molecule has 21 heavy (non-hydrogen) atoms. The number of fused-ring (bicyclic) bond motifs is 1. The monoisotopic (exact) mass is 382 g/mol. The number of benzene rings is 2. The van der Waals surface area contributed by atoms with E-state index in [4.69, 9.17) is 33.7 Å². The Morgan fingerprint density at radius 3 is 2.67 bits per heavy atom. The number of hydrogen-bond donors (Lipinski definition) is 1. The van der Waals surface area contributed by atoms with Crippen LogP contribution in [0, 0.1) is 0 Å². The molecule has 106 valence electrons. The summed E-state index contributed by atoms with van der Waals surface area (Å²) in [4.78, 5) is 4.27. The van der Waals surface area contributed by atoms with Crippen molar-refractivity contribution in [2.24, 2.45) is 0 Å². The van der Waals surface area contributed by atoms with Gasteiger partial charge in [-0.25, -0.2) is 0 Å². The molecule has 0 spiro atoms. The minimum atomic E-state index is 0.458. The Bertz CT molecular complexity index is 839. The van der Waals surface area contributed by atoms with Crippen LogP contribution in [0.3, 0.4) is 0 Å². The number of nitrogen functional groups attached to an aromatic ring is 1. The van der Waals surface area contributed by atoms with Gasteiger partial charge >= 0.3 is 0 Å². The standard InChI is InChI=1S/C15H9BrCl2N2O/c16-9-6-11(18)14(7-10(9)17)21-13-4-3-12(19)15-8(13)2-1-5-20-15/h1-7H,19H2. The average molecular weight is 384 g/mol. The van der Waals surface area contributed by atoms with Crippen LogP contribution in [0.15, 0.2) is 47.1 Å². The second kappa shape index (κ2) is 5.72. The summed E-state index contributed by atoms with van der Waals surface area (Å²) in [7, 11) is 0. The number of halogens is 3. The summed E-state index contributed by atoms with van der Waals surface area (Å²) in [6.45, 7) is 0. The smallest absolute Gasteiger partial charge is 0.147 e. The van der Waals surface area contributed by atoms with Crippen LogP contribution < -0.4 is 10.5 Å². The molecule has 2 aromatic carbocycles. The van der Waals surface area contributed by atoms with Gasteiger partial charge in [0.05, 0.1) is 21.2 Å². The van der Waals surface area contributed by atoms with Crippen molar-refractivity contribution in [3.05, 3.63) is 57.1 Å². The summed E-state index contributed by atoms with van der Waals surface area (Å²) in [5, 5.41) is 1.79. The molecular weight excluding hydrogens is 375 g/mol. The molecule has 3 rings (SSSR count). The predicted molar refractivity (Wildman–Crippen MR) is 90.4 cm³/mol. The number of nitrogens with two attached hydrogens (primary N) is 1. The predicted octanol–water partition coefficient (Wildman–Crippen LogP) is 5.68. The normalized spacial score (nSPS) is 10.8. The summed E-state index contributed by atoms with van der Waals surface area (Å²) in [5.41, 5.74) is 7.21. The lowest BCUT2D eigenvalue weighted by atomic mass is 10.1. The van der Waals surface area contributed by atoms with Gasteiger partial charge in [-0.2, -0.15) is 0 Å². The highest BCUT2D eigenvalue weighted by Crippen LogP contribution is 2.38. The van der Waals surface area contributed by atoms with Gasteiger partial charge in [0.15, 0.2) is 0 Å². The molecule has 0 atom stereocenters. The van der Waals surface area contributed by atoms with Crippen molar-refractivity contribution in [2.75, 3.05) is 5.73 Å². The Labute approximate surface area is 139 Å². The minimum Gasteiger partial charge on any atom is -0.455 e. The number of anilines is 1. The summed E-state index contributed by atoms with van der Waals surface area (Å²) < 4.78 is 6.59. The van der Waals surface area contributed by atoms with Crippen LogP contribution >= 0.6 is 39.1 Å². The third kappa shape index (κ3) is 2.79. The zero-order chi connectivity index (χ0) is 15.0. The van der Waals surface area contributed by atoms with Crippen molar-refractivity contribution in [3.8, 4) is 11.5 Å². The number of nitrogens with zero attached hydrogens (tertiary/aromatic N) is 1. The Morgan fingerprint density at radius 1 is 1.05 bits per heavy atom. The fraction of sp³-hybridized carbons (Fsp3) is 0. The molecule has 0 saturated carbocycles. The number of ether oxygens (including phenoxy) is 1. The van der Waals surface area contributed by atoms with Crippen molar-refractivity contribution < 1.29 is 4.74 Å². The first-order valence-electron chi connectivity index (χ1n) is 6.02. The highest BCUT2D eigenvalue weighted by molar-refractivity contribution is 9.10. The fourth-order valence-electron chi connectivity index (χ4n) is 1.96. The molecule has 6 heteroatoms. The molecule has 0 saturated heterocycles. The number of rotatable bonds is 2. The first-order valence-corrected chi connectivity index (χ1v) is 7.57. The summed E-state index contributed by atoms with van der Waals surface area (Å²) in [5.74, 6) is 1.09. The summed E-state index contributed by atoms with van der Waals surface area (Å²) in [6.07, 6.45) is 1.69. The Balaban J connectivity index is 2.11. The molecule has 2 N–H and O–H groups in total. The number of pyridine rings is 1. The Morgan fingerprint density at radius 2 is 1.86 bits per heavy atom. The van der Waals surface area contributed by atoms with Crippen LogP contribution in [0.25, 0.3) is 10.9 Å². The molecule has 1 aromatic heterocycles. The van der Waals surface area contributed by atoms with E-state index in [1.54, 1.807) is 30.5 Å². The first kappa shape index (κ1) is 14.4. The van der Waals surface area contributed by atoms with Gasteiger partial charge in [0, 0.05) is 22.1 Å². The van der Waals surface area contributed by atoms with Crippen LogP contribution in [0.5, 0.6) is 11.5 Å². The summed E-state index contributed by atoms with van der Waals surface area (Å²) >= 11 is 15.6. The minimum absolute atomic E-state index is 0.458. The zero-order valence-corrected chi connectivity index (χ0v) is 13.7. The zero-order valence-electron chi connectivity index (χ0n) is 10.6. The Kier molecular flexibility index (Phi) is 3.93. The molecule has 0 fully saturated rings. The molecule has 0 aliphatic heterocycles. The van der Waals surface area contributed by atoms with Crippen LogP contribution in [0.2, 0.25) is 10.0 Å². The van der Waals surface area contributed by atoms with Gasteiger partial charge in [-0.15, -0.1) is 0 Å². The lowest BCUT2D eigenvalue weighted by molar-refractivity contribution is 0.488. The second-order valence-corrected chi connectivity index (χ2v) is 6.02. The van der Waals surface area contributed by atoms with Gasteiger partial charge < -0.3 is 10.5 Å². The van der Waals surface area contributed by atoms with Crippen LogP contribution in [-0.4, -0.2) is 4.98 Å². The summed E-state index contributed by atoms with van der Waals surface area (Å²) in [6, 6.07) is 10.6. The number of aromatic nitrogens is 1. The van der Waals surface area contributed by atoms with E-state index in [1.807, 2.05) is 12.1 Å². The SMILES string of the molecule is Nc1ccc(Oc2cc(Cl)c(Br)cc2Cl)c2cccnc12. The molecule has 0 aliphatic carbocycles. The molecule has 0 aliphatic rings. The number of hydrogen-bond acceptors (Lipinski definition) is 3. The Hall–Kier alpha value is -1.49. The largest absolute Gasteiger partial charge is 0.455 e. The van der Waals surface area contributed by atoms with Gasteiger partial charge in [-0.3, -0.25) is 4.98 Å². The lowest BCUT2D eigenvalue weighted by Crippen LogP contribution is -1.93. The maximum atomic E-state index is 6.18. The maximum absolute atomic E-state index is 6.18. The third-order valence-corrected chi connectivity index (χ3v) is 4.45. The van der Waals surface area contributed by atoms with Gasteiger partial charge in [0.1, 0.15) is 11.5 Å². The molecular formula is C15H9BrCl2N2O. The fourth-order valence-corrected chi connectivity index (χ4v) is 2.79. The molecule has 0 unspecified atom stereocenters. The quantitative estimate of drug-likeness (QED) is 0.457. The van der Waals surface area contributed by atoms with Gasteiger partial charge in [-0.1, -0.05) is 23.2 Å². The van der Waals surface area contributed by atoms with E-state index in [0.717, 1.165) is 5.39 Å². The topological polar surface area (TPSA) is 48.1 Å². The molecule has 1 heterocycles. The van der Waals surface area contributed by atoms with E-state index in [0.29, 0.717) is 37.2 Å². The van der Waals surface area contributed by atoms with E-state index in [-0.39, 0.29) is 0 Å². The first-order chi connectivity index (χ1) is 10.1. The van der Waals surface area contributed by atoms with Gasteiger partial charge in [0.2, 0.25) is 0 Å². The third-order valence-electron chi connectivity index (χ3n) is 2.96. The van der Waals surface area contributed by atoms with E-state index < -0.39 is 0 Å². The molecule has 3 aromatic rings. The van der Waals surface area contributed by atoms with Crippen molar-refractivity contribution in [1.82, 2.24) is 4.98 Å². The molecule has 3 nitrogen and oxygen atoms in total. The van der Waals surface area contributed by atoms with E-state index in [2.05, 4.69) is 20.9 Å². The van der Waals surface area contributed by atoms with Crippen LogP contribution in [0.4, 0.5) is 5.69 Å². The highest BCUT2D eigenvalue weighted by Gasteiger charge is 2.11. The maximum Gasteiger partial charge on any atom is 0.147 e. The van der Waals surface area contributed by atoms with Crippen molar-refractivity contribution in [3.63, 3.8) is 0 Å². The second-order valence-electron chi connectivity index (χ2n) is 4.35. The van der Waals surface area contributed by atoms with E-state index >= 15 is 0 Å². The van der Waals surface area contributed by atoms with Crippen molar-refractivity contribution in [1.29, 1.82) is 0 Å². The van der Waals surface area contributed by atoms with Crippen molar-refractivity contribution in [2.45, 2.75) is 0 Å². The lowest BCUT2D eigenvalue weighted by Gasteiger charge is -2.12. The highest BCUT2D eigenvalue weighted by atomic mass is 79.9. The van der Waals surface area contributed by atoms with Crippen LogP contribution in [0.1, 0.15) is 0 Å². The molecule has 0 amide bonds. The molecule has 0 radical (unpaired) electrons. The average Bonchev–Trinajstić information content (AvgIpc) is 2.48. The van der Waals surface area contributed by atoms with Crippen molar-refractivity contribution >= 4 is 55.7 Å². The van der Waals surface area contributed by atoms with Gasteiger partial charge in [-0.05, 0) is 46.3 Å². The van der Waals surface area contributed by atoms with Gasteiger partial charge in [0.25, 0.3) is 0 Å². The van der Waals surface area contributed by atoms with Crippen LogP contribution in [-0.2, 0) is 0 Å².